The Morgan fingerprint density at radius 1 is 1.30 bits per heavy atom. The second-order valence-corrected chi connectivity index (χ2v) is 7.79. The van der Waals surface area contributed by atoms with E-state index >= 15 is 0 Å². The van der Waals surface area contributed by atoms with Crippen molar-refractivity contribution in [1.29, 1.82) is 0 Å². The Kier molecular flexibility index (Phi) is 5.88. The van der Waals surface area contributed by atoms with Gasteiger partial charge in [-0.1, -0.05) is 12.1 Å². The molecule has 7 nitrogen and oxygen atoms in total. The van der Waals surface area contributed by atoms with Gasteiger partial charge in [0, 0.05) is 12.4 Å². The zero-order chi connectivity index (χ0) is 21.1. The predicted molar refractivity (Wildman–Crippen MR) is 113 cm³/mol. The summed E-state index contributed by atoms with van der Waals surface area (Å²) in [6.07, 6.45) is 11.6. The fraction of sp³-hybridized carbons (Fsp3) is 0.435. The second kappa shape index (κ2) is 8.73. The van der Waals surface area contributed by atoms with Crippen LogP contribution in [0.25, 0.3) is 0 Å². The molecule has 0 saturated heterocycles. The number of carbonyl (C=O) groups is 2. The normalized spacial score (nSPS) is 21.5. The van der Waals surface area contributed by atoms with Crippen LogP contribution in [0.5, 0.6) is 11.5 Å². The highest BCUT2D eigenvalue weighted by atomic mass is 16.5. The van der Waals surface area contributed by atoms with E-state index in [4.69, 9.17) is 15.2 Å². The number of nitrogens with zero attached hydrogens (tertiary/aromatic N) is 2. The quantitative estimate of drug-likeness (QED) is 0.713. The minimum Gasteiger partial charge on any atom is -0.490 e. The van der Waals surface area contributed by atoms with E-state index in [1.807, 2.05) is 31.2 Å². The Balaban J connectivity index is 1.65. The van der Waals surface area contributed by atoms with Gasteiger partial charge >= 0.3 is 0 Å². The summed E-state index contributed by atoms with van der Waals surface area (Å²) in [6.45, 7) is 2.40. The molecule has 30 heavy (non-hydrogen) atoms. The van der Waals surface area contributed by atoms with E-state index < -0.39 is 17.9 Å². The summed E-state index contributed by atoms with van der Waals surface area (Å²) in [7, 11) is 0. The summed E-state index contributed by atoms with van der Waals surface area (Å²) in [4.78, 5) is 30.7. The first kappa shape index (κ1) is 20.2. The summed E-state index contributed by atoms with van der Waals surface area (Å²) < 4.78 is 12.0. The molecule has 1 fully saturated rings. The molecule has 2 unspecified atom stereocenters. The molecule has 2 atom stereocenters. The molecule has 4 rings (SSSR count). The van der Waals surface area contributed by atoms with Gasteiger partial charge in [-0.2, -0.15) is 0 Å². The topological polar surface area (TPSA) is 94.2 Å². The van der Waals surface area contributed by atoms with Crippen molar-refractivity contribution in [1.82, 2.24) is 4.90 Å². The van der Waals surface area contributed by atoms with Crippen molar-refractivity contribution in [2.45, 2.75) is 51.2 Å². The predicted octanol–water partition coefficient (Wildman–Crippen LogP) is 3.26. The maximum absolute atomic E-state index is 13.0. The van der Waals surface area contributed by atoms with Crippen LogP contribution in [-0.4, -0.2) is 35.6 Å². The van der Waals surface area contributed by atoms with Gasteiger partial charge < -0.3 is 20.1 Å². The standard InChI is InChI=1S/C23H27N3O4/c1-2-29-21-12-15(9-10-20(21)30-16-6-3-4-7-16)19(13-22(24)27)26-14-18-17(23(26)28)8-5-11-25-18/h5,8-12,14,16-17,19H,2-4,6-7,13H2,1H3,(H2,24,27). The van der Waals surface area contributed by atoms with Crippen LogP contribution >= 0.6 is 0 Å². The number of allylic oxidation sites excluding steroid dienone is 1. The van der Waals surface area contributed by atoms with Crippen LogP contribution < -0.4 is 15.2 Å². The Hall–Kier alpha value is -3.09. The third kappa shape index (κ3) is 4.10. The molecule has 2 aliphatic heterocycles. The Morgan fingerprint density at radius 2 is 2.10 bits per heavy atom. The first-order valence-electron chi connectivity index (χ1n) is 10.5. The number of carbonyl (C=O) groups excluding carboxylic acids is 2. The molecular formula is C23H27N3O4. The first-order valence-corrected chi connectivity index (χ1v) is 10.5. The van der Waals surface area contributed by atoms with Crippen LogP contribution in [-0.2, 0) is 9.59 Å². The first-order chi connectivity index (χ1) is 14.6. The van der Waals surface area contributed by atoms with Gasteiger partial charge in [0.15, 0.2) is 11.5 Å². The number of hydrogen-bond acceptors (Lipinski definition) is 5. The van der Waals surface area contributed by atoms with Crippen LogP contribution in [0, 0.1) is 5.92 Å². The van der Waals surface area contributed by atoms with Gasteiger partial charge in [0.2, 0.25) is 11.8 Å². The number of aliphatic imine (C=N–C) groups is 1. The maximum Gasteiger partial charge on any atom is 0.240 e. The van der Waals surface area contributed by atoms with E-state index in [9.17, 15) is 9.59 Å². The fourth-order valence-corrected chi connectivity index (χ4v) is 4.25. The number of benzene rings is 1. The highest BCUT2D eigenvalue weighted by Crippen LogP contribution is 2.39. The van der Waals surface area contributed by atoms with E-state index in [1.54, 1.807) is 23.4 Å². The van der Waals surface area contributed by atoms with Crippen molar-refractivity contribution in [3.8, 4) is 11.5 Å². The SMILES string of the molecule is CCOc1cc(C(CC(N)=O)N2C=C3N=CC=CC3C2=O)ccc1OC1CCCC1. The number of primary amides is 1. The number of fused-ring (bicyclic) bond motifs is 1. The fourth-order valence-electron chi connectivity index (χ4n) is 4.25. The number of amides is 2. The van der Waals surface area contributed by atoms with Crippen molar-refractivity contribution in [2.75, 3.05) is 6.61 Å². The molecule has 1 aliphatic carbocycles. The molecule has 3 aliphatic rings. The summed E-state index contributed by atoms with van der Waals surface area (Å²) in [5.41, 5.74) is 6.97. The molecule has 0 aromatic heterocycles. The van der Waals surface area contributed by atoms with Gasteiger partial charge in [-0.15, -0.1) is 0 Å². The third-order valence-electron chi connectivity index (χ3n) is 5.70. The largest absolute Gasteiger partial charge is 0.490 e. The minimum absolute atomic E-state index is 0.00403. The smallest absolute Gasteiger partial charge is 0.240 e. The molecule has 0 radical (unpaired) electrons. The average molecular weight is 409 g/mol. The lowest BCUT2D eigenvalue weighted by Gasteiger charge is -2.27. The summed E-state index contributed by atoms with van der Waals surface area (Å²) in [5, 5.41) is 0. The van der Waals surface area contributed by atoms with Gasteiger partial charge in [0.1, 0.15) is 5.92 Å². The molecule has 1 aromatic carbocycles. The highest BCUT2D eigenvalue weighted by Gasteiger charge is 2.38. The molecule has 2 amide bonds. The number of ether oxygens (including phenoxy) is 2. The van der Waals surface area contributed by atoms with Crippen LogP contribution in [0.3, 0.4) is 0 Å². The summed E-state index contributed by atoms with van der Waals surface area (Å²) >= 11 is 0. The molecule has 2 heterocycles. The van der Waals surface area contributed by atoms with Gasteiger partial charge in [-0.25, -0.2) is 0 Å². The monoisotopic (exact) mass is 409 g/mol. The van der Waals surface area contributed by atoms with Gasteiger partial charge in [0.05, 0.1) is 30.9 Å². The Labute approximate surface area is 176 Å². The van der Waals surface area contributed by atoms with Crippen LogP contribution in [0.15, 0.2) is 47.2 Å². The molecule has 1 saturated carbocycles. The molecule has 1 aromatic rings. The van der Waals surface area contributed by atoms with E-state index in [-0.39, 0.29) is 18.4 Å². The zero-order valence-electron chi connectivity index (χ0n) is 17.1. The van der Waals surface area contributed by atoms with E-state index in [1.165, 1.54) is 12.8 Å². The minimum atomic E-state index is -0.531. The molecular weight excluding hydrogens is 382 g/mol. The summed E-state index contributed by atoms with van der Waals surface area (Å²) in [6, 6.07) is 5.07. The van der Waals surface area contributed by atoms with Crippen LogP contribution in [0.4, 0.5) is 0 Å². The van der Waals surface area contributed by atoms with Gasteiger partial charge in [0.25, 0.3) is 0 Å². The van der Waals surface area contributed by atoms with Gasteiger partial charge in [-0.05, 0) is 56.4 Å². The summed E-state index contributed by atoms with van der Waals surface area (Å²) in [5.74, 6) is 0.295. The number of nitrogens with two attached hydrogens (primary N) is 1. The Bertz CT molecular complexity index is 915. The number of dihydropyridines is 1. The third-order valence-corrected chi connectivity index (χ3v) is 5.70. The van der Waals surface area contributed by atoms with Crippen molar-refractivity contribution in [3.63, 3.8) is 0 Å². The molecule has 2 N–H and O–H groups in total. The second-order valence-electron chi connectivity index (χ2n) is 7.79. The van der Waals surface area contributed by atoms with Crippen molar-refractivity contribution >= 4 is 18.0 Å². The van der Waals surface area contributed by atoms with E-state index in [2.05, 4.69) is 4.99 Å². The van der Waals surface area contributed by atoms with Crippen molar-refractivity contribution in [2.24, 2.45) is 16.6 Å². The maximum atomic E-state index is 13.0. The number of rotatable bonds is 8. The van der Waals surface area contributed by atoms with Crippen LogP contribution in [0.1, 0.15) is 50.6 Å². The lowest BCUT2D eigenvalue weighted by Crippen LogP contribution is -2.33. The van der Waals surface area contributed by atoms with E-state index in [0.717, 1.165) is 18.4 Å². The van der Waals surface area contributed by atoms with Crippen molar-refractivity contribution in [3.05, 3.63) is 47.8 Å². The highest BCUT2D eigenvalue weighted by molar-refractivity contribution is 5.91. The van der Waals surface area contributed by atoms with Gasteiger partial charge in [-0.3, -0.25) is 14.6 Å². The van der Waals surface area contributed by atoms with Crippen molar-refractivity contribution < 1.29 is 19.1 Å². The molecule has 0 bridgehead atoms. The molecule has 158 valence electrons. The van der Waals surface area contributed by atoms with E-state index in [0.29, 0.717) is 23.8 Å². The Morgan fingerprint density at radius 3 is 2.80 bits per heavy atom. The zero-order valence-corrected chi connectivity index (χ0v) is 17.1. The lowest BCUT2D eigenvalue weighted by atomic mass is 10.00. The lowest BCUT2D eigenvalue weighted by molar-refractivity contribution is -0.131. The molecule has 0 spiro atoms. The average Bonchev–Trinajstić information content (AvgIpc) is 3.36. The number of hydrogen-bond donors (Lipinski definition) is 1. The van der Waals surface area contributed by atoms with Crippen LogP contribution in [0.2, 0.25) is 0 Å². The molecule has 7 heteroatoms.